The predicted molar refractivity (Wildman–Crippen MR) is 69.3 cm³/mol. The van der Waals surface area contributed by atoms with Crippen LogP contribution in [0.5, 0.6) is 0 Å². The Morgan fingerprint density at radius 1 is 1.47 bits per heavy atom. The first-order chi connectivity index (χ1) is 8.31. The average molecular weight is 235 g/mol. The minimum absolute atomic E-state index is 0.0681. The lowest BCUT2D eigenvalue weighted by Gasteiger charge is -2.20. The van der Waals surface area contributed by atoms with Gasteiger partial charge in [-0.15, -0.1) is 0 Å². The van der Waals surface area contributed by atoms with Crippen LogP contribution in [0.4, 0.5) is 5.82 Å². The minimum Gasteiger partial charge on any atom is -0.352 e. The van der Waals surface area contributed by atoms with Crippen LogP contribution >= 0.6 is 0 Å². The molecule has 4 nitrogen and oxygen atoms in total. The first-order valence-corrected chi connectivity index (χ1v) is 6.60. The molecule has 0 aliphatic carbocycles. The van der Waals surface area contributed by atoms with E-state index in [4.69, 9.17) is 0 Å². The number of aromatic nitrogens is 2. The third-order valence-corrected chi connectivity index (χ3v) is 3.53. The van der Waals surface area contributed by atoms with Crippen LogP contribution < -0.4 is 10.5 Å². The minimum atomic E-state index is -0.0681. The van der Waals surface area contributed by atoms with Crippen LogP contribution in [0.2, 0.25) is 0 Å². The van der Waals surface area contributed by atoms with Crippen LogP contribution in [0.1, 0.15) is 39.0 Å². The molecule has 0 bridgehead atoms. The van der Waals surface area contributed by atoms with E-state index < -0.39 is 0 Å². The van der Waals surface area contributed by atoms with Crippen molar-refractivity contribution < 1.29 is 0 Å². The molecule has 0 amide bonds. The van der Waals surface area contributed by atoms with Gasteiger partial charge in [-0.2, -0.15) is 0 Å². The SMILES string of the molecule is CCCC1CCCN(c2ncc[nH]c2=O)CC1. The Kier molecular flexibility index (Phi) is 4.18. The highest BCUT2D eigenvalue weighted by atomic mass is 16.1. The molecule has 1 atom stereocenters. The monoisotopic (exact) mass is 235 g/mol. The van der Waals surface area contributed by atoms with E-state index in [1.807, 2.05) is 0 Å². The van der Waals surface area contributed by atoms with Crippen LogP contribution in [0.15, 0.2) is 17.2 Å². The molecule has 1 aromatic heterocycles. The van der Waals surface area contributed by atoms with Gasteiger partial charge >= 0.3 is 0 Å². The van der Waals surface area contributed by atoms with Crippen molar-refractivity contribution in [3.05, 3.63) is 22.7 Å². The molecule has 0 radical (unpaired) electrons. The van der Waals surface area contributed by atoms with Crippen molar-refractivity contribution >= 4 is 5.82 Å². The zero-order valence-corrected chi connectivity index (χ0v) is 10.5. The standard InChI is InChI=1S/C13H21N3O/c1-2-4-11-5-3-9-16(10-6-11)12-13(17)15-8-7-14-12/h7-8,11H,2-6,9-10H2,1H3,(H,15,17). The van der Waals surface area contributed by atoms with Crippen molar-refractivity contribution in [3.8, 4) is 0 Å². The first-order valence-electron chi connectivity index (χ1n) is 6.60. The lowest BCUT2D eigenvalue weighted by atomic mass is 9.96. The highest BCUT2D eigenvalue weighted by Gasteiger charge is 2.18. The van der Waals surface area contributed by atoms with Crippen molar-refractivity contribution in [2.75, 3.05) is 18.0 Å². The van der Waals surface area contributed by atoms with Gasteiger partial charge in [-0.1, -0.05) is 19.8 Å². The number of aromatic amines is 1. The lowest BCUT2D eigenvalue weighted by Crippen LogP contribution is -2.31. The zero-order chi connectivity index (χ0) is 12.1. The molecule has 1 aromatic rings. The summed E-state index contributed by atoms with van der Waals surface area (Å²) in [5, 5.41) is 0. The van der Waals surface area contributed by atoms with E-state index in [1.165, 1.54) is 32.1 Å². The van der Waals surface area contributed by atoms with E-state index in [-0.39, 0.29) is 5.56 Å². The summed E-state index contributed by atoms with van der Waals surface area (Å²) in [6.45, 7) is 4.16. The second kappa shape index (κ2) is 5.84. The number of nitrogens with zero attached hydrogens (tertiary/aromatic N) is 2. The van der Waals surface area contributed by atoms with Gasteiger partial charge in [-0.25, -0.2) is 4.98 Å². The van der Waals surface area contributed by atoms with Crippen LogP contribution in [-0.2, 0) is 0 Å². The summed E-state index contributed by atoms with van der Waals surface area (Å²) in [6.07, 6.45) is 9.45. The second-order valence-electron chi connectivity index (χ2n) is 4.81. The fraction of sp³-hybridized carbons (Fsp3) is 0.692. The molecule has 17 heavy (non-hydrogen) atoms. The highest BCUT2D eigenvalue weighted by molar-refractivity contribution is 5.35. The van der Waals surface area contributed by atoms with E-state index in [9.17, 15) is 4.79 Å². The van der Waals surface area contributed by atoms with Gasteiger partial charge in [0.25, 0.3) is 5.56 Å². The molecule has 0 aromatic carbocycles. The molecular formula is C13H21N3O. The summed E-state index contributed by atoms with van der Waals surface area (Å²) in [6, 6.07) is 0. The number of rotatable bonds is 3. The zero-order valence-electron chi connectivity index (χ0n) is 10.5. The Labute approximate surface area is 102 Å². The molecular weight excluding hydrogens is 214 g/mol. The van der Waals surface area contributed by atoms with Gasteiger partial charge in [0, 0.05) is 25.5 Å². The van der Waals surface area contributed by atoms with Gasteiger partial charge in [0.05, 0.1) is 0 Å². The third kappa shape index (κ3) is 3.08. The summed E-state index contributed by atoms with van der Waals surface area (Å²) >= 11 is 0. The van der Waals surface area contributed by atoms with Gasteiger partial charge in [0.2, 0.25) is 0 Å². The Morgan fingerprint density at radius 3 is 3.12 bits per heavy atom. The predicted octanol–water partition coefficient (Wildman–Crippen LogP) is 2.18. The summed E-state index contributed by atoms with van der Waals surface area (Å²) < 4.78 is 0. The Balaban J connectivity index is 2.04. The van der Waals surface area contributed by atoms with Crippen molar-refractivity contribution in [1.29, 1.82) is 0 Å². The van der Waals surface area contributed by atoms with E-state index in [0.717, 1.165) is 19.0 Å². The van der Waals surface area contributed by atoms with E-state index in [0.29, 0.717) is 5.82 Å². The molecule has 1 saturated heterocycles. The molecule has 1 fully saturated rings. The second-order valence-corrected chi connectivity index (χ2v) is 4.81. The number of nitrogens with one attached hydrogen (secondary N) is 1. The topological polar surface area (TPSA) is 49.0 Å². The van der Waals surface area contributed by atoms with Crippen LogP contribution in [0.25, 0.3) is 0 Å². The van der Waals surface area contributed by atoms with Crippen molar-refractivity contribution in [2.24, 2.45) is 5.92 Å². The summed E-state index contributed by atoms with van der Waals surface area (Å²) in [7, 11) is 0. The lowest BCUT2D eigenvalue weighted by molar-refractivity contribution is 0.435. The summed E-state index contributed by atoms with van der Waals surface area (Å²) in [4.78, 5) is 20.7. The molecule has 1 unspecified atom stereocenters. The maximum atomic E-state index is 11.7. The smallest absolute Gasteiger partial charge is 0.290 e. The van der Waals surface area contributed by atoms with Gasteiger partial charge in [0.15, 0.2) is 5.82 Å². The molecule has 94 valence electrons. The van der Waals surface area contributed by atoms with E-state index >= 15 is 0 Å². The third-order valence-electron chi connectivity index (χ3n) is 3.53. The molecule has 1 aliphatic rings. The first kappa shape index (κ1) is 12.1. The molecule has 0 saturated carbocycles. The fourth-order valence-corrected chi connectivity index (χ4v) is 2.64. The summed E-state index contributed by atoms with van der Waals surface area (Å²) in [5.41, 5.74) is -0.0681. The van der Waals surface area contributed by atoms with Crippen LogP contribution in [0.3, 0.4) is 0 Å². The maximum Gasteiger partial charge on any atom is 0.290 e. The van der Waals surface area contributed by atoms with Gasteiger partial charge in [0.1, 0.15) is 0 Å². The Bertz CT molecular complexity index is 402. The van der Waals surface area contributed by atoms with Crippen molar-refractivity contribution in [3.63, 3.8) is 0 Å². The van der Waals surface area contributed by atoms with E-state index in [1.54, 1.807) is 12.4 Å². The number of hydrogen-bond acceptors (Lipinski definition) is 3. The Morgan fingerprint density at radius 2 is 2.35 bits per heavy atom. The fourth-order valence-electron chi connectivity index (χ4n) is 2.64. The normalized spacial score (nSPS) is 21.2. The molecule has 0 spiro atoms. The van der Waals surface area contributed by atoms with Crippen LogP contribution in [0, 0.1) is 5.92 Å². The largest absolute Gasteiger partial charge is 0.352 e. The van der Waals surface area contributed by atoms with Crippen LogP contribution in [-0.4, -0.2) is 23.1 Å². The maximum absolute atomic E-state index is 11.7. The highest BCUT2D eigenvalue weighted by Crippen LogP contribution is 2.23. The van der Waals surface area contributed by atoms with E-state index in [2.05, 4.69) is 21.8 Å². The Hall–Kier alpha value is -1.32. The number of anilines is 1. The number of hydrogen-bond donors (Lipinski definition) is 1. The summed E-state index contributed by atoms with van der Waals surface area (Å²) in [5.74, 6) is 1.41. The van der Waals surface area contributed by atoms with Crippen molar-refractivity contribution in [1.82, 2.24) is 9.97 Å². The van der Waals surface area contributed by atoms with Gasteiger partial charge in [-0.05, 0) is 25.2 Å². The molecule has 2 heterocycles. The molecule has 2 rings (SSSR count). The molecule has 4 heteroatoms. The number of H-pyrrole nitrogens is 1. The van der Waals surface area contributed by atoms with Gasteiger partial charge < -0.3 is 9.88 Å². The average Bonchev–Trinajstić information content (AvgIpc) is 2.56. The van der Waals surface area contributed by atoms with Crippen molar-refractivity contribution in [2.45, 2.75) is 39.0 Å². The van der Waals surface area contributed by atoms with Gasteiger partial charge in [-0.3, -0.25) is 4.79 Å². The molecule has 1 N–H and O–H groups in total. The molecule has 1 aliphatic heterocycles. The quantitative estimate of drug-likeness (QED) is 0.873.